The quantitative estimate of drug-likeness (QED) is 0.234. The third-order valence-electron chi connectivity index (χ3n) is 7.82. The van der Waals surface area contributed by atoms with Gasteiger partial charge in [-0.25, -0.2) is 4.99 Å². The summed E-state index contributed by atoms with van der Waals surface area (Å²) >= 11 is 14.3. The summed E-state index contributed by atoms with van der Waals surface area (Å²) in [6, 6.07) is 14.2. The van der Waals surface area contributed by atoms with Gasteiger partial charge < -0.3 is 9.88 Å². The van der Waals surface area contributed by atoms with E-state index in [1.165, 1.54) is 36.1 Å². The Morgan fingerprint density at radius 3 is 2.71 bits per heavy atom. The monoisotopic (exact) mass is 563 g/mol. The number of nitrogens with one attached hydrogen (secondary N) is 1. The van der Waals surface area contributed by atoms with E-state index in [-0.39, 0.29) is 11.9 Å². The molecule has 1 saturated carbocycles. The fourth-order valence-electron chi connectivity index (χ4n) is 5.85. The Kier molecular flexibility index (Phi) is 7.60. The number of amides is 1. The van der Waals surface area contributed by atoms with Crippen LogP contribution in [0.3, 0.4) is 0 Å². The number of nitrogens with zero attached hydrogens (tertiary/aromatic N) is 2. The van der Waals surface area contributed by atoms with Crippen molar-refractivity contribution >= 4 is 62.6 Å². The molecular weight excluding hydrogens is 533 g/mol. The first-order valence-electron chi connectivity index (χ1n) is 13.6. The minimum Gasteiger partial charge on any atom is -0.349 e. The molecule has 2 aromatic carbocycles. The molecule has 0 bridgehead atoms. The Hall–Kier alpha value is -2.60. The number of thiophene rings is 1. The predicted molar refractivity (Wildman–Crippen MR) is 160 cm³/mol. The number of halogens is 2. The van der Waals surface area contributed by atoms with Crippen molar-refractivity contribution in [1.82, 2.24) is 9.88 Å². The van der Waals surface area contributed by atoms with E-state index in [0.29, 0.717) is 16.6 Å². The van der Waals surface area contributed by atoms with Gasteiger partial charge in [-0.05, 0) is 67.9 Å². The molecule has 0 aliphatic heterocycles. The topological polar surface area (TPSA) is 46.4 Å². The smallest absolute Gasteiger partial charge is 0.254 e. The molecule has 0 saturated heterocycles. The molecule has 1 fully saturated rings. The summed E-state index contributed by atoms with van der Waals surface area (Å²) in [6.07, 6.45) is 14.2. The van der Waals surface area contributed by atoms with Crippen molar-refractivity contribution in [3.05, 3.63) is 85.8 Å². The van der Waals surface area contributed by atoms with Crippen molar-refractivity contribution in [2.45, 2.75) is 70.4 Å². The molecule has 0 radical (unpaired) electrons. The van der Waals surface area contributed by atoms with Crippen LogP contribution in [-0.2, 0) is 19.4 Å². The van der Waals surface area contributed by atoms with Crippen LogP contribution in [0.15, 0.2) is 53.7 Å². The van der Waals surface area contributed by atoms with Gasteiger partial charge in [0.15, 0.2) is 0 Å². The Labute approximate surface area is 237 Å². The van der Waals surface area contributed by atoms with Crippen LogP contribution in [0.4, 0.5) is 5.00 Å². The second-order valence-corrected chi connectivity index (χ2v) is 12.4. The van der Waals surface area contributed by atoms with Crippen molar-refractivity contribution in [3.63, 3.8) is 0 Å². The molecule has 196 valence electrons. The van der Waals surface area contributed by atoms with Crippen molar-refractivity contribution in [2.24, 2.45) is 4.99 Å². The lowest BCUT2D eigenvalue weighted by Gasteiger charge is -2.23. The number of aromatic nitrogens is 1. The molecule has 7 heteroatoms. The van der Waals surface area contributed by atoms with Crippen LogP contribution < -0.4 is 5.32 Å². The van der Waals surface area contributed by atoms with E-state index in [0.717, 1.165) is 64.7 Å². The van der Waals surface area contributed by atoms with E-state index < -0.39 is 0 Å². The third-order valence-corrected chi connectivity index (χ3v) is 9.60. The number of rotatable bonds is 6. The van der Waals surface area contributed by atoms with Crippen molar-refractivity contribution in [1.29, 1.82) is 0 Å². The Morgan fingerprint density at radius 2 is 1.87 bits per heavy atom. The molecule has 2 aliphatic carbocycles. The van der Waals surface area contributed by atoms with Gasteiger partial charge in [0.05, 0.1) is 5.56 Å². The van der Waals surface area contributed by atoms with Gasteiger partial charge >= 0.3 is 0 Å². The number of hydrogen-bond acceptors (Lipinski definition) is 3. The van der Waals surface area contributed by atoms with E-state index >= 15 is 0 Å². The number of aliphatic imine (C=N–C) groups is 1. The molecule has 1 amide bonds. The summed E-state index contributed by atoms with van der Waals surface area (Å²) < 4.78 is 2.20. The van der Waals surface area contributed by atoms with Crippen LogP contribution >= 0.6 is 34.5 Å². The molecule has 1 N–H and O–H groups in total. The molecule has 6 rings (SSSR count). The number of carbonyl (C=O) groups is 1. The van der Waals surface area contributed by atoms with Gasteiger partial charge in [-0.2, -0.15) is 0 Å². The second kappa shape index (κ2) is 11.3. The number of carbonyl (C=O) groups excluding carboxylic acids is 1. The first kappa shape index (κ1) is 25.7. The number of hydrogen-bond donors (Lipinski definition) is 1. The number of aryl methyl sites for hydroxylation is 1. The van der Waals surface area contributed by atoms with Gasteiger partial charge in [0.2, 0.25) is 0 Å². The van der Waals surface area contributed by atoms with E-state index in [1.807, 2.05) is 30.5 Å². The maximum atomic E-state index is 13.5. The molecule has 0 atom stereocenters. The predicted octanol–water partition coefficient (Wildman–Crippen LogP) is 8.75. The van der Waals surface area contributed by atoms with Gasteiger partial charge in [-0.15, -0.1) is 11.3 Å². The van der Waals surface area contributed by atoms with Crippen LogP contribution in [0.5, 0.6) is 0 Å². The normalized spacial score (nSPS) is 16.3. The lowest BCUT2D eigenvalue weighted by molar-refractivity contribution is 0.0927. The zero-order chi connectivity index (χ0) is 26.1. The number of para-hydroxylation sites is 1. The maximum absolute atomic E-state index is 13.5. The minimum atomic E-state index is 0.0586. The summed E-state index contributed by atoms with van der Waals surface area (Å²) in [5.41, 5.74) is 5.18. The van der Waals surface area contributed by atoms with Crippen molar-refractivity contribution < 1.29 is 4.79 Å². The van der Waals surface area contributed by atoms with Crippen LogP contribution in [0.25, 0.3) is 10.9 Å². The Morgan fingerprint density at radius 1 is 1.05 bits per heavy atom. The van der Waals surface area contributed by atoms with Crippen molar-refractivity contribution in [3.8, 4) is 0 Å². The maximum Gasteiger partial charge on any atom is 0.254 e. The third kappa shape index (κ3) is 5.29. The first-order valence-corrected chi connectivity index (χ1v) is 15.2. The first-order chi connectivity index (χ1) is 18.6. The van der Waals surface area contributed by atoms with Crippen LogP contribution in [-0.4, -0.2) is 22.7 Å². The van der Waals surface area contributed by atoms with Gasteiger partial charge in [-0.3, -0.25) is 4.79 Å². The molecule has 0 spiro atoms. The summed E-state index contributed by atoms with van der Waals surface area (Å²) in [5.74, 6) is 0.0586. The Balaban J connectivity index is 1.33. The van der Waals surface area contributed by atoms with Gasteiger partial charge in [0.1, 0.15) is 5.00 Å². The SMILES string of the molecule is O=C(NC1CCCCC1)c1c(N=Cc2cn(Cc3ccc(Cl)cc3Cl)c3ccccc23)sc2c1CCCC2. The molecule has 2 aliphatic rings. The largest absolute Gasteiger partial charge is 0.349 e. The molecule has 2 heterocycles. The van der Waals surface area contributed by atoms with Crippen molar-refractivity contribution in [2.75, 3.05) is 0 Å². The van der Waals surface area contributed by atoms with Crippen LogP contribution in [0.1, 0.15) is 76.9 Å². The number of benzene rings is 2. The van der Waals surface area contributed by atoms with E-state index in [1.54, 1.807) is 17.4 Å². The van der Waals surface area contributed by atoms with Crippen LogP contribution in [0, 0.1) is 0 Å². The minimum absolute atomic E-state index is 0.0586. The Bertz CT molecular complexity index is 1510. The van der Waals surface area contributed by atoms with Gasteiger partial charge in [0, 0.05) is 56.4 Å². The highest BCUT2D eigenvalue weighted by atomic mass is 35.5. The van der Waals surface area contributed by atoms with Gasteiger partial charge in [-0.1, -0.05) is 66.7 Å². The standard InChI is InChI=1S/C31H31Cl2N3OS/c32-22-15-14-20(26(33)16-22)18-36-19-21(24-10-4-6-12-27(24)36)17-34-31-29(25-11-5-7-13-28(25)38-31)30(37)35-23-8-2-1-3-9-23/h4,6,10,12,14-17,19,23H,1-3,5,7-9,11,13,18H2,(H,35,37). The van der Waals surface area contributed by atoms with E-state index in [2.05, 4.69) is 28.2 Å². The lowest BCUT2D eigenvalue weighted by Crippen LogP contribution is -2.36. The molecule has 0 unspecified atom stereocenters. The van der Waals surface area contributed by atoms with E-state index in [4.69, 9.17) is 28.2 Å². The summed E-state index contributed by atoms with van der Waals surface area (Å²) in [7, 11) is 0. The molecule has 4 nitrogen and oxygen atoms in total. The molecule has 2 aromatic heterocycles. The zero-order valence-electron chi connectivity index (χ0n) is 21.3. The second-order valence-electron chi connectivity index (χ2n) is 10.4. The summed E-state index contributed by atoms with van der Waals surface area (Å²) in [5, 5.41) is 6.59. The number of fused-ring (bicyclic) bond motifs is 2. The van der Waals surface area contributed by atoms with Gasteiger partial charge in [0.25, 0.3) is 5.91 Å². The molecule has 4 aromatic rings. The molecule has 38 heavy (non-hydrogen) atoms. The fourth-order valence-corrected chi connectivity index (χ4v) is 7.55. The highest BCUT2D eigenvalue weighted by Crippen LogP contribution is 2.40. The fraction of sp³-hybridized carbons (Fsp3) is 0.355. The lowest BCUT2D eigenvalue weighted by atomic mass is 9.93. The van der Waals surface area contributed by atoms with E-state index in [9.17, 15) is 4.79 Å². The average Bonchev–Trinajstić information content (AvgIpc) is 3.47. The zero-order valence-corrected chi connectivity index (χ0v) is 23.6. The highest BCUT2D eigenvalue weighted by molar-refractivity contribution is 7.16. The highest BCUT2D eigenvalue weighted by Gasteiger charge is 2.27. The average molecular weight is 565 g/mol. The summed E-state index contributed by atoms with van der Waals surface area (Å²) in [6.45, 7) is 0.632. The van der Waals surface area contributed by atoms with Crippen LogP contribution in [0.2, 0.25) is 10.0 Å². The summed E-state index contributed by atoms with van der Waals surface area (Å²) in [4.78, 5) is 19.9. The molecular formula is C31H31Cl2N3OS.